The number of aryl methyl sites for hydroxylation is 1. The summed E-state index contributed by atoms with van der Waals surface area (Å²) in [5, 5.41) is 9.80. The summed E-state index contributed by atoms with van der Waals surface area (Å²) in [5.74, 6) is 1.26. The standard InChI is InChI=1S/C16H29N5O2S2.HI/c1-4-17-16(18-8-5-15-12-24-13(2)20-15)19-11-14-6-9-21(10-7-14)25(3,22)23;/h12,14H,4-11H2,1-3H3,(H2,17,18,19);1H. The lowest BCUT2D eigenvalue weighted by Gasteiger charge is -2.29. The Morgan fingerprint density at radius 2 is 2.08 bits per heavy atom. The van der Waals surface area contributed by atoms with Crippen LogP contribution in [0.5, 0.6) is 0 Å². The second-order valence-corrected chi connectivity index (χ2v) is 9.40. The molecule has 1 aliphatic rings. The summed E-state index contributed by atoms with van der Waals surface area (Å²) in [4.78, 5) is 9.13. The van der Waals surface area contributed by atoms with E-state index in [1.807, 2.05) is 13.8 Å². The zero-order valence-electron chi connectivity index (χ0n) is 15.7. The van der Waals surface area contributed by atoms with Gasteiger partial charge in [-0.05, 0) is 32.6 Å². The molecule has 2 rings (SSSR count). The first-order valence-electron chi connectivity index (χ1n) is 8.76. The van der Waals surface area contributed by atoms with Crippen molar-refractivity contribution in [3.63, 3.8) is 0 Å². The summed E-state index contributed by atoms with van der Waals surface area (Å²) in [5.41, 5.74) is 1.11. The van der Waals surface area contributed by atoms with E-state index in [2.05, 4.69) is 26.0 Å². The van der Waals surface area contributed by atoms with Crippen molar-refractivity contribution in [2.45, 2.75) is 33.1 Å². The molecule has 1 aromatic heterocycles. The number of rotatable bonds is 7. The lowest BCUT2D eigenvalue weighted by molar-refractivity contribution is 0.280. The Hall–Kier alpha value is -0.460. The Bertz CT molecular complexity index is 670. The number of guanidine groups is 1. The molecule has 0 atom stereocenters. The van der Waals surface area contributed by atoms with Crippen LogP contribution in [-0.2, 0) is 16.4 Å². The van der Waals surface area contributed by atoms with Gasteiger partial charge in [0.15, 0.2) is 5.96 Å². The third-order valence-corrected chi connectivity index (χ3v) is 6.36. The third-order valence-electron chi connectivity index (χ3n) is 4.23. The van der Waals surface area contributed by atoms with Crippen LogP contribution in [0.25, 0.3) is 0 Å². The quantitative estimate of drug-likeness (QED) is 0.329. The van der Waals surface area contributed by atoms with E-state index in [9.17, 15) is 8.42 Å². The van der Waals surface area contributed by atoms with E-state index < -0.39 is 10.0 Å². The number of nitrogens with one attached hydrogen (secondary N) is 2. The van der Waals surface area contributed by atoms with Gasteiger partial charge >= 0.3 is 0 Å². The van der Waals surface area contributed by atoms with Crippen molar-refractivity contribution in [1.29, 1.82) is 0 Å². The molecule has 0 amide bonds. The molecule has 1 aromatic rings. The van der Waals surface area contributed by atoms with Crippen LogP contribution < -0.4 is 10.6 Å². The molecule has 0 aromatic carbocycles. The highest BCUT2D eigenvalue weighted by Gasteiger charge is 2.24. The SMILES string of the molecule is CCNC(=NCC1CCN(S(C)(=O)=O)CC1)NCCc1csc(C)n1.I. The summed E-state index contributed by atoms with van der Waals surface area (Å²) in [6, 6.07) is 0. The Labute approximate surface area is 178 Å². The molecular weight excluding hydrogens is 485 g/mol. The van der Waals surface area contributed by atoms with Crippen LogP contribution >= 0.6 is 35.3 Å². The monoisotopic (exact) mass is 515 g/mol. The van der Waals surface area contributed by atoms with Gasteiger partial charge in [-0.15, -0.1) is 35.3 Å². The molecule has 1 fully saturated rings. The number of sulfonamides is 1. The first kappa shape index (κ1) is 23.6. The zero-order chi connectivity index (χ0) is 18.3. The topological polar surface area (TPSA) is 86.7 Å². The highest BCUT2D eigenvalue weighted by molar-refractivity contribution is 14.0. The first-order valence-corrected chi connectivity index (χ1v) is 11.5. The predicted octanol–water partition coefficient (Wildman–Crippen LogP) is 1.84. The van der Waals surface area contributed by atoms with E-state index in [0.29, 0.717) is 19.0 Å². The second kappa shape index (κ2) is 11.4. The van der Waals surface area contributed by atoms with Gasteiger partial charge in [0, 0.05) is 44.5 Å². The van der Waals surface area contributed by atoms with Crippen LogP contribution in [0.3, 0.4) is 0 Å². The van der Waals surface area contributed by atoms with Crippen molar-refractivity contribution in [2.75, 3.05) is 39.0 Å². The molecule has 0 unspecified atom stereocenters. The number of aromatic nitrogens is 1. The van der Waals surface area contributed by atoms with Crippen molar-refractivity contribution >= 4 is 51.3 Å². The fourth-order valence-corrected chi connectivity index (χ4v) is 4.34. The minimum absolute atomic E-state index is 0. The van der Waals surface area contributed by atoms with Crippen LogP contribution in [0.1, 0.15) is 30.5 Å². The smallest absolute Gasteiger partial charge is 0.211 e. The van der Waals surface area contributed by atoms with Crippen LogP contribution in [0.4, 0.5) is 0 Å². The number of aliphatic imine (C=N–C) groups is 1. The lowest BCUT2D eigenvalue weighted by atomic mass is 9.98. The van der Waals surface area contributed by atoms with Gasteiger partial charge < -0.3 is 10.6 Å². The van der Waals surface area contributed by atoms with Gasteiger partial charge in [-0.25, -0.2) is 17.7 Å². The van der Waals surface area contributed by atoms with Crippen molar-refractivity contribution in [3.05, 3.63) is 16.1 Å². The molecule has 0 spiro atoms. The molecule has 26 heavy (non-hydrogen) atoms. The van der Waals surface area contributed by atoms with E-state index in [-0.39, 0.29) is 24.0 Å². The highest BCUT2D eigenvalue weighted by atomic mass is 127. The number of halogens is 1. The first-order chi connectivity index (χ1) is 11.9. The van der Waals surface area contributed by atoms with Gasteiger partial charge in [0.1, 0.15) is 0 Å². The number of hydrogen-bond donors (Lipinski definition) is 2. The fraction of sp³-hybridized carbons (Fsp3) is 0.750. The zero-order valence-corrected chi connectivity index (χ0v) is 19.7. The van der Waals surface area contributed by atoms with E-state index in [0.717, 1.165) is 55.6 Å². The highest BCUT2D eigenvalue weighted by Crippen LogP contribution is 2.19. The minimum atomic E-state index is -3.06. The van der Waals surface area contributed by atoms with E-state index in [1.54, 1.807) is 15.6 Å². The molecule has 150 valence electrons. The number of thiazole rings is 1. The Morgan fingerprint density at radius 1 is 1.38 bits per heavy atom. The maximum absolute atomic E-state index is 11.6. The van der Waals surface area contributed by atoms with E-state index in [1.165, 1.54) is 6.26 Å². The van der Waals surface area contributed by atoms with Crippen LogP contribution in [0.15, 0.2) is 10.4 Å². The van der Waals surface area contributed by atoms with Gasteiger partial charge in [-0.1, -0.05) is 0 Å². The van der Waals surface area contributed by atoms with Crippen molar-refractivity contribution in [1.82, 2.24) is 19.9 Å². The molecule has 7 nitrogen and oxygen atoms in total. The molecule has 0 saturated carbocycles. The summed E-state index contributed by atoms with van der Waals surface area (Å²) in [6.07, 6.45) is 3.90. The molecule has 10 heteroatoms. The van der Waals surface area contributed by atoms with Gasteiger partial charge in [-0.2, -0.15) is 0 Å². The summed E-state index contributed by atoms with van der Waals surface area (Å²) >= 11 is 1.67. The van der Waals surface area contributed by atoms with E-state index in [4.69, 9.17) is 0 Å². The number of nitrogens with zero attached hydrogens (tertiary/aromatic N) is 3. The average Bonchev–Trinajstić information content (AvgIpc) is 2.97. The Balaban J connectivity index is 0.00000338. The van der Waals surface area contributed by atoms with Gasteiger partial charge in [-0.3, -0.25) is 4.99 Å². The molecule has 1 saturated heterocycles. The van der Waals surface area contributed by atoms with Gasteiger partial charge in [0.05, 0.1) is 17.0 Å². The fourth-order valence-electron chi connectivity index (χ4n) is 2.82. The molecule has 2 heterocycles. The molecule has 1 aliphatic heterocycles. The van der Waals surface area contributed by atoms with Crippen LogP contribution in [-0.4, -0.2) is 62.6 Å². The summed E-state index contributed by atoms with van der Waals surface area (Å²) < 4.78 is 24.7. The second-order valence-electron chi connectivity index (χ2n) is 6.36. The van der Waals surface area contributed by atoms with Gasteiger partial charge in [0.25, 0.3) is 0 Å². The molecule has 0 aliphatic carbocycles. The predicted molar refractivity (Wildman–Crippen MR) is 119 cm³/mol. The Morgan fingerprint density at radius 3 is 2.62 bits per heavy atom. The van der Waals surface area contributed by atoms with Crippen molar-refractivity contribution in [2.24, 2.45) is 10.9 Å². The molecule has 0 bridgehead atoms. The van der Waals surface area contributed by atoms with E-state index >= 15 is 0 Å². The molecule has 2 N–H and O–H groups in total. The largest absolute Gasteiger partial charge is 0.357 e. The third kappa shape index (κ3) is 8.05. The lowest BCUT2D eigenvalue weighted by Crippen LogP contribution is -2.40. The molecular formula is C16H30IN5O2S2. The Kier molecular flexibility index (Phi) is 10.3. The number of hydrogen-bond acceptors (Lipinski definition) is 5. The minimum Gasteiger partial charge on any atom is -0.357 e. The summed E-state index contributed by atoms with van der Waals surface area (Å²) in [7, 11) is -3.06. The van der Waals surface area contributed by atoms with Crippen LogP contribution in [0, 0.1) is 12.8 Å². The maximum Gasteiger partial charge on any atom is 0.211 e. The van der Waals surface area contributed by atoms with Gasteiger partial charge in [0.2, 0.25) is 10.0 Å². The van der Waals surface area contributed by atoms with Crippen LogP contribution in [0.2, 0.25) is 0 Å². The normalized spacial score (nSPS) is 17.0. The average molecular weight is 515 g/mol. The maximum atomic E-state index is 11.6. The number of piperidine rings is 1. The molecule has 0 radical (unpaired) electrons. The van der Waals surface area contributed by atoms with Crippen molar-refractivity contribution < 1.29 is 8.42 Å². The van der Waals surface area contributed by atoms with Crippen molar-refractivity contribution in [3.8, 4) is 0 Å². The summed E-state index contributed by atoms with van der Waals surface area (Å²) in [6.45, 7) is 7.60.